The van der Waals surface area contributed by atoms with Gasteiger partial charge in [-0.2, -0.15) is 13.2 Å². The molecule has 0 bridgehead atoms. The normalized spacial score (nSPS) is 14.8. The molecular formula is C5H7F3N4. The van der Waals surface area contributed by atoms with Crippen LogP contribution >= 0.6 is 0 Å². The number of nitrogens with zero attached hydrogens (tertiary/aromatic N) is 2. The van der Waals surface area contributed by atoms with Crippen molar-refractivity contribution in [1.29, 1.82) is 0 Å². The van der Waals surface area contributed by atoms with Crippen LogP contribution in [0.15, 0.2) is 0 Å². The Morgan fingerprint density at radius 2 is 2.08 bits per heavy atom. The second kappa shape index (κ2) is 2.74. The lowest BCUT2D eigenvalue weighted by atomic mass is 10.3. The summed E-state index contributed by atoms with van der Waals surface area (Å²) < 4.78 is 35.6. The van der Waals surface area contributed by atoms with Crippen LogP contribution in [0.25, 0.3) is 0 Å². The summed E-state index contributed by atoms with van der Waals surface area (Å²) in [5.74, 6) is -1.16. The Hall–Kier alpha value is -1.11. The van der Waals surface area contributed by atoms with Gasteiger partial charge in [0.25, 0.3) is 5.82 Å². The summed E-state index contributed by atoms with van der Waals surface area (Å²) >= 11 is 0. The van der Waals surface area contributed by atoms with E-state index in [1.165, 1.54) is 6.92 Å². The van der Waals surface area contributed by atoms with E-state index in [-0.39, 0.29) is 5.82 Å². The van der Waals surface area contributed by atoms with Crippen molar-refractivity contribution in [3.05, 3.63) is 11.6 Å². The van der Waals surface area contributed by atoms with E-state index in [4.69, 9.17) is 5.73 Å². The number of halogens is 3. The van der Waals surface area contributed by atoms with Gasteiger partial charge in [0, 0.05) is 0 Å². The number of nitrogens with two attached hydrogens (primary N) is 1. The van der Waals surface area contributed by atoms with E-state index in [1.54, 1.807) is 0 Å². The first-order valence-electron chi connectivity index (χ1n) is 3.16. The van der Waals surface area contributed by atoms with E-state index in [0.29, 0.717) is 0 Å². The third kappa shape index (κ3) is 1.73. The molecule has 0 fully saturated rings. The van der Waals surface area contributed by atoms with Crippen molar-refractivity contribution < 1.29 is 13.2 Å². The van der Waals surface area contributed by atoms with E-state index >= 15 is 0 Å². The van der Waals surface area contributed by atoms with Crippen LogP contribution in [0.4, 0.5) is 13.2 Å². The molecule has 68 valence electrons. The standard InChI is InChI=1S/C5H7F3N4/c1-2(9)3-10-4(12-11-3)5(6,7)8/h2H,9H2,1H3,(H,10,11,12)/t2-/m1/s1. The third-order valence-corrected chi connectivity index (χ3v) is 1.19. The Bertz CT molecular complexity index is 264. The highest BCUT2D eigenvalue weighted by molar-refractivity contribution is 4.97. The number of H-pyrrole nitrogens is 1. The molecule has 0 aromatic carbocycles. The minimum Gasteiger partial charge on any atom is -0.322 e. The van der Waals surface area contributed by atoms with E-state index in [2.05, 4.69) is 15.2 Å². The van der Waals surface area contributed by atoms with E-state index in [0.717, 1.165) is 0 Å². The molecule has 0 saturated carbocycles. The van der Waals surface area contributed by atoms with Gasteiger partial charge in [-0.3, -0.25) is 5.10 Å². The molecule has 0 aliphatic carbocycles. The molecule has 7 heteroatoms. The van der Waals surface area contributed by atoms with Crippen molar-refractivity contribution in [2.75, 3.05) is 0 Å². The summed E-state index contributed by atoms with van der Waals surface area (Å²) in [6, 6.07) is -0.575. The molecule has 1 rings (SSSR count). The summed E-state index contributed by atoms with van der Waals surface area (Å²) in [6.45, 7) is 1.51. The molecule has 12 heavy (non-hydrogen) atoms. The number of hydrogen-bond donors (Lipinski definition) is 2. The minimum absolute atomic E-state index is 0.0299. The largest absolute Gasteiger partial charge is 0.453 e. The number of hydrogen-bond acceptors (Lipinski definition) is 3. The lowest BCUT2D eigenvalue weighted by Gasteiger charge is -1.98. The quantitative estimate of drug-likeness (QED) is 0.672. The molecule has 0 aliphatic rings. The van der Waals surface area contributed by atoms with Gasteiger partial charge >= 0.3 is 6.18 Å². The topological polar surface area (TPSA) is 67.6 Å². The van der Waals surface area contributed by atoms with Gasteiger partial charge in [-0.25, -0.2) is 4.98 Å². The Morgan fingerprint density at radius 3 is 2.33 bits per heavy atom. The molecule has 1 aromatic heterocycles. The smallest absolute Gasteiger partial charge is 0.322 e. The zero-order chi connectivity index (χ0) is 9.35. The monoisotopic (exact) mass is 180 g/mol. The van der Waals surface area contributed by atoms with Gasteiger partial charge in [-0.15, -0.1) is 5.10 Å². The Morgan fingerprint density at radius 1 is 1.50 bits per heavy atom. The Kier molecular flexibility index (Phi) is 2.05. The van der Waals surface area contributed by atoms with Crippen molar-refractivity contribution in [2.24, 2.45) is 5.73 Å². The van der Waals surface area contributed by atoms with Crippen molar-refractivity contribution in [3.8, 4) is 0 Å². The average molecular weight is 180 g/mol. The number of aromatic amines is 1. The molecule has 0 unspecified atom stereocenters. The SMILES string of the molecule is C[C@@H](N)c1nc(C(F)(F)F)n[nH]1. The molecule has 0 saturated heterocycles. The first-order chi connectivity index (χ1) is 5.41. The van der Waals surface area contributed by atoms with Crippen molar-refractivity contribution in [3.63, 3.8) is 0 Å². The van der Waals surface area contributed by atoms with Crippen LogP contribution in [0.5, 0.6) is 0 Å². The van der Waals surface area contributed by atoms with Gasteiger partial charge < -0.3 is 5.73 Å². The first-order valence-corrected chi connectivity index (χ1v) is 3.16. The van der Waals surface area contributed by atoms with Crippen LogP contribution in [-0.2, 0) is 6.18 Å². The van der Waals surface area contributed by atoms with Crippen LogP contribution in [0.1, 0.15) is 24.6 Å². The lowest BCUT2D eigenvalue weighted by molar-refractivity contribution is -0.144. The molecule has 4 nitrogen and oxygen atoms in total. The zero-order valence-corrected chi connectivity index (χ0v) is 6.18. The van der Waals surface area contributed by atoms with Crippen LogP contribution in [0, 0.1) is 0 Å². The zero-order valence-electron chi connectivity index (χ0n) is 6.18. The van der Waals surface area contributed by atoms with E-state index < -0.39 is 18.0 Å². The number of nitrogens with one attached hydrogen (secondary N) is 1. The summed E-state index contributed by atoms with van der Waals surface area (Å²) in [5.41, 5.74) is 5.27. The summed E-state index contributed by atoms with van der Waals surface area (Å²) in [6.07, 6.45) is -4.51. The minimum atomic E-state index is -4.51. The molecule has 0 aliphatic heterocycles. The van der Waals surface area contributed by atoms with Crippen LogP contribution < -0.4 is 5.73 Å². The highest BCUT2D eigenvalue weighted by atomic mass is 19.4. The maximum atomic E-state index is 11.9. The third-order valence-electron chi connectivity index (χ3n) is 1.19. The highest BCUT2D eigenvalue weighted by Gasteiger charge is 2.36. The molecule has 1 aromatic rings. The van der Waals surface area contributed by atoms with Gasteiger partial charge in [-0.1, -0.05) is 0 Å². The molecule has 1 heterocycles. The lowest BCUT2D eigenvalue weighted by Crippen LogP contribution is -2.09. The average Bonchev–Trinajstić information content (AvgIpc) is 2.30. The van der Waals surface area contributed by atoms with E-state index in [1.807, 2.05) is 0 Å². The second-order valence-electron chi connectivity index (χ2n) is 2.33. The Balaban J connectivity index is 2.92. The fourth-order valence-corrected chi connectivity index (χ4v) is 0.605. The summed E-state index contributed by atoms with van der Waals surface area (Å²) in [4.78, 5) is 3.16. The fourth-order valence-electron chi connectivity index (χ4n) is 0.605. The maximum Gasteiger partial charge on any atom is 0.453 e. The molecule has 3 N–H and O–H groups in total. The molecular weight excluding hydrogens is 173 g/mol. The number of rotatable bonds is 1. The predicted molar refractivity (Wildman–Crippen MR) is 34.0 cm³/mol. The summed E-state index contributed by atoms with van der Waals surface area (Å²) in [7, 11) is 0. The molecule has 0 spiro atoms. The fraction of sp³-hybridized carbons (Fsp3) is 0.600. The van der Waals surface area contributed by atoms with Crippen LogP contribution in [0.3, 0.4) is 0 Å². The molecule has 1 atom stereocenters. The van der Waals surface area contributed by atoms with Crippen molar-refractivity contribution in [1.82, 2.24) is 15.2 Å². The second-order valence-corrected chi connectivity index (χ2v) is 2.33. The highest BCUT2D eigenvalue weighted by Crippen LogP contribution is 2.25. The maximum absolute atomic E-state index is 11.9. The van der Waals surface area contributed by atoms with Gasteiger partial charge in [0.2, 0.25) is 0 Å². The van der Waals surface area contributed by atoms with Gasteiger partial charge in [-0.05, 0) is 6.92 Å². The van der Waals surface area contributed by atoms with Crippen LogP contribution in [-0.4, -0.2) is 15.2 Å². The van der Waals surface area contributed by atoms with Crippen molar-refractivity contribution in [2.45, 2.75) is 19.1 Å². The molecule has 0 amide bonds. The van der Waals surface area contributed by atoms with Gasteiger partial charge in [0.1, 0.15) is 5.82 Å². The predicted octanol–water partition coefficient (Wildman–Crippen LogP) is 0.843. The van der Waals surface area contributed by atoms with Gasteiger partial charge in [0.15, 0.2) is 0 Å². The van der Waals surface area contributed by atoms with Crippen LogP contribution in [0.2, 0.25) is 0 Å². The van der Waals surface area contributed by atoms with Crippen molar-refractivity contribution >= 4 is 0 Å². The van der Waals surface area contributed by atoms with Gasteiger partial charge in [0.05, 0.1) is 6.04 Å². The first kappa shape index (κ1) is 8.98. The number of alkyl halides is 3. The summed E-state index contributed by atoms with van der Waals surface area (Å²) in [5, 5.41) is 5.07. The molecule has 0 radical (unpaired) electrons. The van der Waals surface area contributed by atoms with E-state index in [9.17, 15) is 13.2 Å². The Labute approximate surface area is 66.0 Å². The number of aromatic nitrogens is 3.